The molecule has 2 heterocycles. The van der Waals surface area contributed by atoms with E-state index >= 15 is 0 Å². The monoisotopic (exact) mass is 547 g/mol. The highest BCUT2D eigenvalue weighted by Crippen LogP contribution is 2.56. The number of aliphatic hydroxyl groups excluding tert-OH is 1. The SMILES string of the molecule is CC(C)(C)CC1NC(C(=O)NC2CCC(O)C2)C(c2ccc(F)c(Cl)c2)C12C(=O)Nc1cc(Cl)ccc12. The van der Waals surface area contributed by atoms with Crippen LogP contribution in [-0.2, 0) is 15.0 Å². The van der Waals surface area contributed by atoms with E-state index in [-0.39, 0.29) is 28.3 Å². The molecular formula is C28H32Cl2FN3O3. The molecule has 0 bridgehead atoms. The molecule has 1 spiro atoms. The fourth-order valence-corrected chi connectivity index (χ4v) is 6.87. The molecule has 37 heavy (non-hydrogen) atoms. The molecule has 9 heteroatoms. The summed E-state index contributed by atoms with van der Waals surface area (Å²) in [6, 6.07) is 8.37. The number of nitrogens with one attached hydrogen (secondary N) is 3. The topological polar surface area (TPSA) is 90.5 Å². The zero-order valence-corrected chi connectivity index (χ0v) is 22.6. The van der Waals surface area contributed by atoms with Crippen molar-refractivity contribution in [3.63, 3.8) is 0 Å². The van der Waals surface area contributed by atoms with Crippen LogP contribution in [0.3, 0.4) is 0 Å². The molecule has 1 saturated heterocycles. The lowest BCUT2D eigenvalue weighted by Crippen LogP contribution is -2.49. The summed E-state index contributed by atoms with van der Waals surface area (Å²) in [7, 11) is 0. The van der Waals surface area contributed by atoms with Gasteiger partial charge >= 0.3 is 0 Å². The number of halogens is 3. The van der Waals surface area contributed by atoms with E-state index in [2.05, 4.69) is 36.7 Å². The van der Waals surface area contributed by atoms with Crippen LogP contribution in [0, 0.1) is 11.2 Å². The smallest absolute Gasteiger partial charge is 0.238 e. The van der Waals surface area contributed by atoms with Gasteiger partial charge in [-0.1, -0.05) is 56.1 Å². The number of carbonyl (C=O) groups excluding carboxylic acids is 2. The fraction of sp³-hybridized carbons (Fsp3) is 0.500. The number of benzene rings is 2. The minimum absolute atomic E-state index is 0.0697. The average molecular weight is 548 g/mol. The molecule has 0 aromatic heterocycles. The number of hydrogen-bond donors (Lipinski definition) is 4. The van der Waals surface area contributed by atoms with E-state index in [0.29, 0.717) is 42.0 Å². The zero-order chi connectivity index (χ0) is 26.7. The summed E-state index contributed by atoms with van der Waals surface area (Å²) >= 11 is 12.5. The van der Waals surface area contributed by atoms with Crippen molar-refractivity contribution >= 4 is 40.7 Å². The first-order chi connectivity index (χ1) is 17.4. The molecule has 6 unspecified atom stereocenters. The molecule has 3 aliphatic rings. The van der Waals surface area contributed by atoms with Gasteiger partial charge in [0.25, 0.3) is 0 Å². The van der Waals surface area contributed by atoms with Gasteiger partial charge in [0, 0.05) is 28.7 Å². The van der Waals surface area contributed by atoms with Gasteiger partial charge in [0.05, 0.1) is 17.2 Å². The summed E-state index contributed by atoms with van der Waals surface area (Å²) in [5.74, 6) is -1.73. The molecule has 6 atom stereocenters. The lowest BCUT2D eigenvalue weighted by atomic mass is 9.62. The normalized spacial score (nSPS) is 31.0. The van der Waals surface area contributed by atoms with Gasteiger partial charge in [-0.25, -0.2) is 4.39 Å². The first kappa shape index (κ1) is 26.4. The predicted octanol–water partition coefficient (Wildman–Crippen LogP) is 4.91. The molecule has 1 aliphatic carbocycles. The van der Waals surface area contributed by atoms with Crippen molar-refractivity contribution in [3.8, 4) is 0 Å². The van der Waals surface area contributed by atoms with Crippen LogP contribution in [0.2, 0.25) is 10.0 Å². The van der Waals surface area contributed by atoms with Crippen molar-refractivity contribution in [1.82, 2.24) is 10.6 Å². The highest BCUT2D eigenvalue weighted by atomic mass is 35.5. The minimum Gasteiger partial charge on any atom is -0.393 e. The molecule has 2 aromatic carbocycles. The van der Waals surface area contributed by atoms with Crippen molar-refractivity contribution in [2.45, 2.75) is 82.0 Å². The second-order valence-electron chi connectivity index (χ2n) is 11.8. The number of aliphatic hydroxyl groups is 1. The molecule has 2 fully saturated rings. The number of fused-ring (bicyclic) bond motifs is 2. The Morgan fingerprint density at radius 1 is 1.19 bits per heavy atom. The van der Waals surface area contributed by atoms with E-state index in [9.17, 15) is 19.1 Å². The second kappa shape index (κ2) is 9.53. The Labute approximate surface area is 226 Å². The Hall–Kier alpha value is -2.19. The molecule has 4 N–H and O–H groups in total. The summed E-state index contributed by atoms with van der Waals surface area (Å²) in [6.45, 7) is 6.28. The first-order valence-corrected chi connectivity index (χ1v) is 13.5. The standard InChI is InChI=1S/C28H32Cl2FN3O3/c1-27(2,3)13-22-28(18-8-5-15(29)11-21(18)33-26(28)37)23(14-4-9-20(31)19(30)10-14)24(34-22)25(36)32-16-6-7-17(35)12-16/h4-5,8-11,16-17,22-24,34-35H,6-7,12-13H2,1-3H3,(H,32,36)(H,33,37). The molecule has 1 saturated carbocycles. The molecule has 2 aliphatic heterocycles. The van der Waals surface area contributed by atoms with Gasteiger partial charge in [-0.2, -0.15) is 0 Å². The fourth-order valence-electron chi connectivity index (χ4n) is 6.51. The molecule has 0 radical (unpaired) electrons. The van der Waals surface area contributed by atoms with Gasteiger partial charge in [-0.15, -0.1) is 0 Å². The van der Waals surface area contributed by atoms with Crippen LogP contribution < -0.4 is 16.0 Å². The maximum Gasteiger partial charge on any atom is 0.238 e. The number of carbonyl (C=O) groups is 2. The minimum atomic E-state index is -1.16. The lowest BCUT2D eigenvalue weighted by Gasteiger charge is -2.37. The third-order valence-electron chi connectivity index (χ3n) is 7.96. The van der Waals surface area contributed by atoms with Crippen LogP contribution in [0.4, 0.5) is 10.1 Å². The number of amides is 2. The van der Waals surface area contributed by atoms with E-state index in [1.54, 1.807) is 18.2 Å². The van der Waals surface area contributed by atoms with E-state index in [0.717, 1.165) is 5.56 Å². The van der Waals surface area contributed by atoms with E-state index in [1.165, 1.54) is 12.1 Å². The third-order valence-corrected chi connectivity index (χ3v) is 8.48. The summed E-state index contributed by atoms with van der Waals surface area (Å²) in [6.07, 6.45) is 1.97. The van der Waals surface area contributed by atoms with Crippen LogP contribution in [0.25, 0.3) is 0 Å². The number of anilines is 1. The van der Waals surface area contributed by atoms with Crippen LogP contribution >= 0.6 is 23.2 Å². The number of rotatable bonds is 4. The Morgan fingerprint density at radius 3 is 2.59 bits per heavy atom. The van der Waals surface area contributed by atoms with Gasteiger partial charge in [0.2, 0.25) is 11.8 Å². The van der Waals surface area contributed by atoms with Crippen LogP contribution in [0.1, 0.15) is 63.5 Å². The van der Waals surface area contributed by atoms with Gasteiger partial charge in [-0.3, -0.25) is 9.59 Å². The molecule has 6 nitrogen and oxygen atoms in total. The molecule has 198 valence electrons. The molecular weight excluding hydrogens is 516 g/mol. The maximum absolute atomic E-state index is 14.2. The molecule has 2 amide bonds. The third kappa shape index (κ3) is 4.65. The average Bonchev–Trinajstić information content (AvgIpc) is 3.44. The van der Waals surface area contributed by atoms with Crippen molar-refractivity contribution in [3.05, 3.63) is 63.4 Å². The maximum atomic E-state index is 14.2. The van der Waals surface area contributed by atoms with Crippen LogP contribution in [0.15, 0.2) is 36.4 Å². The van der Waals surface area contributed by atoms with Crippen LogP contribution in [-0.4, -0.2) is 41.2 Å². The predicted molar refractivity (Wildman–Crippen MR) is 142 cm³/mol. The van der Waals surface area contributed by atoms with Crippen LogP contribution in [0.5, 0.6) is 0 Å². The zero-order valence-electron chi connectivity index (χ0n) is 21.1. The number of hydrogen-bond acceptors (Lipinski definition) is 4. The van der Waals surface area contributed by atoms with Gasteiger partial charge in [0.1, 0.15) is 11.2 Å². The lowest BCUT2D eigenvalue weighted by molar-refractivity contribution is -0.124. The van der Waals surface area contributed by atoms with Crippen molar-refractivity contribution in [2.24, 2.45) is 5.41 Å². The summed E-state index contributed by atoms with van der Waals surface area (Å²) < 4.78 is 14.2. The first-order valence-electron chi connectivity index (χ1n) is 12.7. The largest absolute Gasteiger partial charge is 0.393 e. The Balaban J connectivity index is 1.68. The van der Waals surface area contributed by atoms with E-state index in [4.69, 9.17) is 23.2 Å². The van der Waals surface area contributed by atoms with E-state index < -0.39 is 35.3 Å². The highest BCUT2D eigenvalue weighted by molar-refractivity contribution is 6.31. The van der Waals surface area contributed by atoms with Crippen molar-refractivity contribution in [1.29, 1.82) is 0 Å². The van der Waals surface area contributed by atoms with Crippen molar-refractivity contribution < 1.29 is 19.1 Å². The highest BCUT2D eigenvalue weighted by Gasteiger charge is 2.65. The quantitative estimate of drug-likeness (QED) is 0.437. The Bertz CT molecular complexity index is 1250. The van der Waals surface area contributed by atoms with Crippen molar-refractivity contribution in [2.75, 3.05) is 5.32 Å². The van der Waals surface area contributed by atoms with Gasteiger partial charge in [-0.05, 0) is 66.5 Å². The molecule has 2 aromatic rings. The van der Waals surface area contributed by atoms with Gasteiger partial charge in [0.15, 0.2) is 0 Å². The molecule has 5 rings (SSSR count). The summed E-state index contributed by atoms with van der Waals surface area (Å²) in [5, 5.41) is 20.0. The van der Waals surface area contributed by atoms with Gasteiger partial charge < -0.3 is 21.1 Å². The summed E-state index contributed by atoms with van der Waals surface area (Å²) in [5.41, 5.74) is 0.620. The Kier molecular flexibility index (Phi) is 6.80. The van der Waals surface area contributed by atoms with E-state index in [1.807, 2.05) is 6.07 Å². The second-order valence-corrected chi connectivity index (χ2v) is 12.6. The Morgan fingerprint density at radius 2 is 1.95 bits per heavy atom. The summed E-state index contributed by atoms with van der Waals surface area (Å²) in [4.78, 5) is 27.9.